The zero-order valence-electron chi connectivity index (χ0n) is 10.8. The number of amides is 1. The van der Waals surface area contributed by atoms with Crippen molar-refractivity contribution in [1.82, 2.24) is 9.78 Å². The Hall–Kier alpha value is -3.08. The topological polar surface area (TPSA) is 165 Å². The number of anilines is 1. The SMILES string of the molecule is NC(=O)c1cc(S(=O)(=O)Nc2ccnn2C(=O)O)ccc1O. The Kier molecular flexibility index (Phi) is 3.73. The van der Waals surface area contributed by atoms with Crippen LogP contribution in [0.25, 0.3) is 0 Å². The summed E-state index contributed by atoms with van der Waals surface area (Å²) in [5, 5.41) is 21.7. The minimum atomic E-state index is -4.21. The number of nitrogens with zero attached hydrogens (tertiary/aromatic N) is 2. The number of rotatable bonds is 4. The first-order chi connectivity index (χ1) is 10.2. The van der Waals surface area contributed by atoms with Crippen LogP contribution in [0.15, 0.2) is 35.4 Å². The summed E-state index contributed by atoms with van der Waals surface area (Å²) in [5.41, 5.74) is 4.64. The Morgan fingerprint density at radius 3 is 2.55 bits per heavy atom. The Morgan fingerprint density at radius 2 is 1.95 bits per heavy atom. The number of phenols is 1. The van der Waals surface area contributed by atoms with Gasteiger partial charge in [0.1, 0.15) is 11.6 Å². The zero-order valence-corrected chi connectivity index (χ0v) is 11.6. The van der Waals surface area contributed by atoms with Crippen LogP contribution >= 0.6 is 0 Å². The third kappa shape index (κ3) is 2.83. The lowest BCUT2D eigenvalue weighted by Crippen LogP contribution is -2.20. The lowest BCUT2D eigenvalue weighted by atomic mass is 10.2. The highest BCUT2D eigenvalue weighted by atomic mass is 32.2. The van der Waals surface area contributed by atoms with Gasteiger partial charge in [0.15, 0.2) is 0 Å². The molecule has 1 aromatic carbocycles. The van der Waals surface area contributed by atoms with E-state index >= 15 is 0 Å². The maximum atomic E-state index is 12.2. The number of nitrogens with one attached hydrogen (secondary N) is 1. The average Bonchev–Trinajstić information content (AvgIpc) is 2.86. The first kappa shape index (κ1) is 15.3. The van der Waals surface area contributed by atoms with Gasteiger partial charge in [-0.1, -0.05) is 0 Å². The molecule has 0 radical (unpaired) electrons. The number of hydrogen-bond acceptors (Lipinski definition) is 6. The van der Waals surface area contributed by atoms with Crippen LogP contribution in [0.2, 0.25) is 0 Å². The van der Waals surface area contributed by atoms with Gasteiger partial charge in [-0.15, -0.1) is 4.68 Å². The smallest absolute Gasteiger partial charge is 0.434 e. The van der Waals surface area contributed by atoms with Crippen molar-refractivity contribution in [2.24, 2.45) is 5.73 Å². The highest BCUT2D eigenvalue weighted by Crippen LogP contribution is 2.22. The molecule has 0 spiro atoms. The predicted octanol–water partition coefficient (Wildman–Crippen LogP) is 0.0145. The van der Waals surface area contributed by atoms with Gasteiger partial charge in [-0.2, -0.15) is 5.10 Å². The fourth-order valence-corrected chi connectivity index (χ4v) is 2.68. The van der Waals surface area contributed by atoms with Gasteiger partial charge < -0.3 is 15.9 Å². The van der Waals surface area contributed by atoms with Crippen molar-refractivity contribution in [2.75, 3.05) is 4.72 Å². The van der Waals surface area contributed by atoms with Crippen LogP contribution in [-0.2, 0) is 10.0 Å². The molecule has 0 saturated heterocycles. The highest BCUT2D eigenvalue weighted by molar-refractivity contribution is 7.92. The summed E-state index contributed by atoms with van der Waals surface area (Å²) in [4.78, 5) is 21.6. The van der Waals surface area contributed by atoms with Gasteiger partial charge in [0, 0.05) is 6.07 Å². The van der Waals surface area contributed by atoms with Crippen LogP contribution in [0.4, 0.5) is 10.6 Å². The number of hydrogen-bond donors (Lipinski definition) is 4. The highest BCUT2D eigenvalue weighted by Gasteiger charge is 2.21. The summed E-state index contributed by atoms with van der Waals surface area (Å²) in [6.07, 6.45) is -0.385. The van der Waals surface area contributed by atoms with Gasteiger partial charge in [-0.3, -0.25) is 9.52 Å². The molecule has 2 rings (SSSR count). The van der Waals surface area contributed by atoms with Crippen LogP contribution in [0.1, 0.15) is 10.4 Å². The maximum Gasteiger partial charge on any atom is 0.434 e. The molecule has 5 N–H and O–H groups in total. The number of nitrogens with two attached hydrogens (primary N) is 1. The van der Waals surface area contributed by atoms with Gasteiger partial charge >= 0.3 is 6.09 Å². The standard InChI is InChI=1S/C11H10N4O6S/c12-10(17)7-5-6(1-2-8(7)16)22(20,21)14-9-3-4-13-15(9)11(18)19/h1-5,14,16H,(H2,12,17)(H,18,19). The summed E-state index contributed by atoms with van der Waals surface area (Å²) in [6, 6.07) is 4.04. The number of aromatic nitrogens is 2. The van der Waals surface area contributed by atoms with E-state index in [4.69, 9.17) is 10.8 Å². The van der Waals surface area contributed by atoms with Gasteiger partial charge in [-0.05, 0) is 18.2 Å². The molecule has 0 atom stereocenters. The normalized spacial score (nSPS) is 11.1. The maximum absolute atomic E-state index is 12.2. The second-order valence-electron chi connectivity index (χ2n) is 4.06. The molecule has 0 bridgehead atoms. The Labute approximate surface area is 123 Å². The number of carbonyl (C=O) groups excluding carboxylic acids is 1. The molecular weight excluding hydrogens is 316 g/mol. The van der Waals surface area contributed by atoms with Gasteiger partial charge in [0.05, 0.1) is 16.7 Å². The zero-order chi connectivity index (χ0) is 16.5. The number of sulfonamides is 1. The molecule has 116 valence electrons. The Morgan fingerprint density at radius 1 is 1.27 bits per heavy atom. The fourth-order valence-electron chi connectivity index (χ4n) is 1.61. The first-order valence-electron chi connectivity index (χ1n) is 5.65. The molecule has 1 heterocycles. The van der Waals surface area contributed by atoms with Crippen molar-refractivity contribution in [2.45, 2.75) is 4.90 Å². The van der Waals surface area contributed by atoms with Crippen LogP contribution in [0.3, 0.4) is 0 Å². The molecule has 0 saturated carbocycles. The Bertz CT molecular complexity index is 857. The summed E-state index contributed by atoms with van der Waals surface area (Å²) < 4.78 is 26.8. The number of carbonyl (C=O) groups is 2. The second kappa shape index (κ2) is 5.37. The summed E-state index contributed by atoms with van der Waals surface area (Å²) in [5.74, 6) is -1.78. The fraction of sp³-hybridized carbons (Fsp3) is 0. The van der Waals surface area contributed by atoms with E-state index < -0.39 is 27.8 Å². The van der Waals surface area contributed by atoms with E-state index in [-0.39, 0.29) is 16.3 Å². The monoisotopic (exact) mass is 326 g/mol. The van der Waals surface area contributed by atoms with Crippen LogP contribution in [0.5, 0.6) is 5.75 Å². The Balaban J connectivity index is 2.43. The number of benzene rings is 1. The molecule has 0 unspecified atom stereocenters. The van der Waals surface area contributed by atoms with Gasteiger partial charge in [-0.25, -0.2) is 13.2 Å². The van der Waals surface area contributed by atoms with E-state index in [1.54, 1.807) is 0 Å². The predicted molar refractivity (Wildman–Crippen MR) is 73.1 cm³/mol. The van der Waals surface area contributed by atoms with Crippen molar-refractivity contribution < 1.29 is 28.2 Å². The number of carboxylic acid groups (broad SMARTS) is 1. The minimum Gasteiger partial charge on any atom is -0.507 e. The van der Waals surface area contributed by atoms with E-state index in [0.717, 1.165) is 30.5 Å². The van der Waals surface area contributed by atoms with Gasteiger partial charge in [0.2, 0.25) is 0 Å². The molecule has 0 aliphatic heterocycles. The van der Waals surface area contributed by atoms with Crippen LogP contribution in [0, 0.1) is 0 Å². The summed E-state index contributed by atoms with van der Waals surface area (Å²) >= 11 is 0. The van der Waals surface area contributed by atoms with Crippen molar-refractivity contribution >= 4 is 27.8 Å². The van der Waals surface area contributed by atoms with Crippen LogP contribution < -0.4 is 10.5 Å². The summed E-state index contributed by atoms with van der Waals surface area (Å²) in [6.45, 7) is 0. The first-order valence-corrected chi connectivity index (χ1v) is 7.13. The molecule has 22 heavy (non-hydrogen) atoms. The minimum absolute atomic E-state index is 0.304. The molecule has 10 nitrogen and oxygen atoms in total. The van der Waals surface area contributed by atoms with E-state index in [0.29, 0.717) is 4.68 Å². The molecule has 11 heteroatoms. The third-order valence-corrected chi connectivity index (χ3v) is 3.96. The molecule has 1 aromatic heterocycles. The van der Waals surface area contributed by atoms with E-state index in [1.807, 2.05) is 4.72 Å². The average molecular weight is 326 g/mol. The number of primary amides is 1. The van der Waals surface area contributed by atoms with Crippen molar-refractivity contribution in [3.63, 3.8) is 0 Å². The molecule has 0 fully saturated rings. The van der Waals surface area contributed by atoms with Crippen LogP contribution in [-0.4, -0.2) is 40.4 Å². The summed E-state index contributed by atoms with van der Waals surface area (Å²) in [7, 11) is -4.21. The lowest BCUT2D eigenvalue weighted by Gasteiger charge is -2.09. The van der Waals surface area contributed by atoms with Crippen molar-refractivity contribution in [3.8, 4) is 5.75 Å². The van der Waals surface area contributed by atoms with E-state index in [9.17, 15) is 23.1 Å². The molecule has 0 aliphatic rings. The molecule has 1 amide bonds. The lowest BCUT2D eigenvalue weighted by molar-refractivity contribution is 0.0997. The molecule has 2 aromatic rings. The van der Waals surface area contributed by atoms with E-state index in [2.05, 4.69) is 5.10 Å². The molecule has 0 aliphatic carbocycles. The third-order valence-electron chi connectivity index (χ3n) is 2.61. The molecular formula is C11H10N4O6S. The second-order valence-corrected chi connectivity index (χ2v) is 5.74. The number of aromatic hydroxyl groups is 1. The van der Waals surface area contributed by atoms with E-state index in [1.165, 1.54) is 0 Å². The quantitative estimate of drug-likeness (QED) is 0.614. The largest absolute Gasteiger partial charge is 0.507 e. The van der Waals surface area contributed by atoms with Crippen molar-refractivity contribution in [3.05, 3.63) is 36.0 Å². The van der Waals surface area contributed by atoms with Crippen molar-refractivity contribution in [1.29, 1.82) is 0 Å². The van der Waals surface area contributed by atoms with Gasteiger partial charge in [0.25, 0.3) is 15.9 Å².